The molecule has 3 aliphatic rings. The third-order valence-corrected chi connectivity index (χ3v) is 6.73. The molecule has 0 saturated carbocycles. The Bertz CT molecular complexity index is 638. The first-order valence-electron chi connectivity index (χ1n) is 12.1. The van der Waals surface area contributed by atoms with E-state index in [-0.39, 0.29) is 29.7 Å². The van der Waals surface area contributed by atoms with Crippen molar-refractivity contribution in [1.82, 2.24) is 15.5 Å². The van der Waals surface area contributed by atoms with Crippen LogP contribution >= 0.6 is 0 Å². The highest BCUT2D eigenvalue weighted by Gasteiger charge is 2.45. The zero-order valence-corrected chi connectivity index (χ0v) is 20.7. The number of hydrogen-bond acceptors (Lipinski definition) is 4. The maximum atomic E-state index is 12.7. The van der Waals surface area contributed by atoms with Crippen LogP contribution in [0.5, 0.6) is 0 Å². The smallest absolute Gasteiger partial charge is 0.410 e. The van der Waals surface area contributed by atoms with Crippen molar-refractivity contribution in [3.63, 3.8) is 0 Å². The van der Waals surface area contributed by atoms with E-state index in [0.29, 0.717) is 12.0 Å². The number of carbonyl (C=O) groups is 1. The van der Waals surface area contributed by atoms with Crippen LogP contribution in [0.3, 0.4) is 0 Å². The molecule has 0 spiro atoms. The molecule has 0 aliphatic carbocycles. The lowest BCUT2D eigenvalue weighted by Crippen LogP contribution is -2.55. The molecule has 3 saturated heterocycles. The molecule has 0 aromatic carbocycles. The molecule has 2 bridgehead atoms. The zero-order valence-electron chi connectivity index (χ0n) is 20.7. The number of guanidine groups is 1. The van der Waals surface area contributed by atoms with Crippen molar-refractivity contribution < 1.29 is 14.3 Å². The second kappa shape index (κ2) is 9.55. The summed E-state index contributed by atoms with van der Waals surface area (Å²) in [5.74, 6) is 1.34. The molecule has 3 heterocycles. The first-order chi connectivity index (χ1) is 14.5. The third-order valence-electron chi connectivity index (χ3n) is 6.73. The Morgan fingerprint density at radius 1 is 1.10 bits per heavy atom. The molecule has 3 aliphatic heterocycles. The number of carbonyl (C=O) groups excluding carboxylic acids is 1. The van der Waals surface area contributed by atoms with Gasteiger partial charge in [0.1, 0.15) is 5.60 Å². The molecule has 1 amide bonds. The Kier molecular flexibility index (Phi) is 7.44. The molecule has 3 rings (SSSR count). The van der Waals surface area contributed by atoms with Crippen LogP contribution in [0, 0.1) is 11.3 Å². The molecule has 3 fully saturated rings. The van der Waals surface area contributed by atoms with E-state index in [1.165, 1.54) is 6.42 Å². The molecule has 0 aromatic heterocycles. The molecule has 2 N–H and O–H groups in total. The summed E-state index contributed by atoms with van der Waals surface area (Å²) in [7, 11) is 1.83. The summed E-state index contributed by atoms with van der Waals surface area (Å²) >= 11 is 0. The van der Waals surface area contributed by atoms with Gasteiger partial charge in [0.15, 0.2) is 5.96 Å². The molecule has 0 aromatic rings. The first kappa shape index (κ1) is 24.1. The summed E-state index contributed by atoms with van der Waals surface area (Å²) in [5.41, 5.74) is -0.317. The minimum Gasteiger partial charge on any atom is -0.444 e. The second-order valence-corrected chi connectivity index (χ2v) is 11.6. The molecule has 0 radical (unpaired) electrons. The lowest BCUT2D eigenvalue weighted by molar-refractivity contribution is -0.0835. The predicted molar refractivity (Wildman–Crippen MR) is 124 cm³/mol. The minimum absolute atomic E-state index is 0.136. The maximum Gasteiger partial charge on any atom is 0.410 e. The number of hydrogen-bond donors (Lipinski definition) is 2. The number of fused-ring (bicyclic) bond motifs is 2. The fourth-order valence-electron chi connectivity index (χ4n) is 5.53. The van der Waals surface area contributed by atoms with Crippen LogP contribution in [0.25, 0.3) is 0 Å². The Balaban J connectivity index is 1.52. The first-order valence-corrected chi connectivity index (χ1v) is 12.1. The molecule has 7 nitrogen and oxygen atoms in total. The SMILES string of the molecule is CN=C(NCC1CCCOC1C(C)(C)C)NC1CC2CCC(C1)N2C(=O)OC(C)(C)C. The maximum absolute atomic E-state index is 12.7. The minimum atomic E-state index is -0.453. The van der Waals surface area contributed by atoms with E-state index in [4.69, 9.17) is 9.47 Å². The normalized spacial score (nSPS) is 32.0. The highest BCUT2D eigenvalue weighted by molar-refractivity contribution is 5.80. The van der Waals surface area contributed by atoms with Crippen molar-refractivity contribution in [2.75, 3.05) is 20.2 Å². The zero-order chi connectivity index (χ0) is 22.8. The molecule has 4 unspecified atom stereocenters. The van der Waals surface area contributed by atoms with Crippen LogP contribution < -0.4 is 10.6 Å². The summed E-state index contributed by atoms with van der Waals surface area (Å²) in [6.07, 6.45) is 6.40. The number of aliphatic imine (C=N–C) groups is 1. The van der Waals surface area contributed by atoms with E-state index < -0.39 is 5.60 Å². The van der Waals surface area contributed by atoms with E-state index in [0.717, 1.165) is 51.2 Å². The standard InChI is InChI=1S/C24H44N4O3/c1-23(2,3)20-16(9-8-12-30-20)15-26-21(25-7)27-17-13-18-10-11-19(14-17)28(18)22(29)31-24(4,5)6/h16-20H,8-15H2,1-7H3,(H2,25,26,27). The molecule has 178 valence electrons. The van der Waals surface area contributed by atoms with Crippen LogP contribution in [-0.2, 0) is 9.47 Å². The van der Waals surface area contributed by atoms with Gasteiger partial charge in [0.25, 0.3) is 0 Å². The van der Waals surface area contributed by atoms with Gasteiger partial charge in [0.2, 0.25) is 0 Å². The Hall–Kier alpha value is -1.50. The fourth-order valence-corrected chi connectivity index (χ4v) is 5.53. The number of piperidine rings is 1. The Labute approximate surface area is 188 Å². The van der Waals surface area contributed by atoms with Gasteiger partial charge >= 0.3 is 6.09 Å². The van der Waals surface area contributed by atoms with E-state index in [2.05, 4.69) is 36.4 Å². The van der Waals surface area contributed by atoms with Gasteiger partial charge < -0.3 is 25.0 Å². The van der Waals surface area contributed by atoms with Gasteiger partial charge in [0.05, 0.1) is 6.10 Å². The third kappa shape index (κ3) is 6.27. The van der Waals surface area contributed by atoms with Crippen LogP contribution in [0.15, 0.2) is 4.99 Å². The van der Waals surface area contributed by atoms with Gasteiger partial charge in [-0.3, -0.25) is 4.99 Å². The van der Waals surface area contributed by atoms with Gasteiger partial charge in [-0.1, -0.05) is 20.8 Å². The number of nitrogens with zero attached hydrogens (tertiary/aromatic N) is 2. The number of ether oxygens (including phenoxy) is 2. The van der Waals surface area contributed by atoms with Crippen molar-refractivity contribution in [3.05, 3.63) is 0 Å². The average Bonchev–Trinajstić information content (AvgIpc) is 2.94. The van der Waals surface area contributed by atoms with Gasteiger partial charge in [-0.05, 0) is 64.7 Å². The summed E-state index contributed by atoms with van der Waals surface area (Å²) in [6, 6.07) is 0.825. The van der Waals surface area contributed by atoms with Crippen molar-refractivity contribution in [2.24, 2.45) is 16.3 Å². The Morgan fingerprint density at radius 3 is 2.29 bits per heavy atom. The quantitative estimate of drug-likeness (QED) is 0.518. The van der Waals surface area contributed by atoms with Gasteiger partial charge in [-0.25, -0.2) is 4.79 Å². The number of rotatable bonds is 3. The highest BCUT2D eigenvalue weighted by atomic mass is 16.6. The molecular formula is C24H44N4O3. The van der Waals surface area contributed by atoms with E-state index in [1.807, 2.05) is 32.7 Å². The lowest BCUT2D eigenvalue weighted by Gasteiger charge is -2.41. The van der Waals surface area contributed by atoms with Crippen molar-refractivity contribution in [2.45, 2.75) is 110 Å². The van der Waals surface area contributed by atoms with E-state index in [1.54, 1.807) is 0 Å². The fraction of sp³-hybridized carbons (Fsp3) is 0.917. The average molecular weight is 437 g/mol. The van der Waals surface area contributed by atoms with Gasteiger partial charge in [0, 0.05) is 44.2 Å². The van der Waals surface area contributed by atoms with Crippen LogP contribution in [0.4, 0.5) is 4.79 Å². The predicted octanol–water partition coefficient (Wildman–Crippen LogP) is 3.92. The summed E-state index contributed by atoms with van der Waals surface area (Å²) in [6.45, 7) is 14.3. The molecule has 7 heteroatoms. The van der Waals surface area contributed by atoms with Crippen LogP contribution in [0.2, 0.25) is 0 Å². The van der Waals surface area contributed by atoms with Crippen LogP contribution in [-0.4, -0.2) is 67.0 Å². The highest BCUT2D eigenvalue weighted by Crippen LogP contribution is 2.37. The lowest BCUT2D eigenvalue weighted by atomic mass is 9.78. The topological polar surface area (TPSA) is 75.2 Å². The molecule has 4 atom stereocenters. The van der Waals surface area contributed by atoms with E-state index >= 15 is 0 Å². The van der Waals surface area contributed by atoms with Crippen molar-refractivity contribution in [1.29, 1.82) is 0 Å². The molecule has 31 heavy (non-hydrogen) atoms. The second-order valence-electron chi connectivity index (χ2n) is 11.6. The molecular weight excluding hydrogens is 392 g/mol. The van der Waals surface area contributed by atoms with Crippen LogP contribution in [0.1, 0.15) is 80.1 Å². The Morgan fingerprint density at radius 2 is 1.74 bits per heavy atom. The van der Waals surface area contributed by atoms with Crippen molar-refractivity contribution in [3.8, 4) is 0 Å². The number of amides is 1. The summed E-state index contributed by atoms with van der Waals surface area (Å²) < 4.78 is 11.8. The summed E-state index contributed by atoms with van der Waals surface area (Å²) in [5, 5.41) is 7.18. The monoisotopic (exact) mass is 436 g/mol. The van der Waals surface area contributed by atoms with Crippen molar-refractivity contribution >= 4 is 12.1 Å². The van der Waals surface area contributed by atoms with E-state index in [9.17, 15) is 4.79 Å². The van der Waals surface area contributed by atoms with Gasteiger partial charge in [-0.2, -0.15) is 0 Å². The van der Waals surface area contributed by atoms with Gasteiger partial charge in [-0.15, -0.1) is 0 Å². The number of nitrogens with one attached hydrogen (secondary N) is 2. The largest absolute Gasteiger partial charge is 0.444 e. The summed E-state index contributed by atoms with van der Waals surface area (Å²) in [4.78, 5) is 19.2.